The maximum atomic E-state index is 5.34. The van der Waals surface area contributed by atoms with E-state index < -0.39 is 0 Å². The smallest absolute Gasteiger partial charge is 0.191 e. The average molecular weight is 302 g/mol. The van der Waals surface area contributed by atoms with Gasteiger partial charge in [-0.1, -0.05) is 18.2 Å². The number of aromatic nitrogens is 3. The van der Waals surface area contributed by atoms with Crippen molar-refractivity contribution in [3.8, 4) is 5.75 Å². The highest BCUT2D eigenvalue weighted by Gasteiger charge is 2.04. The molecule has 0 fully saturated rings. The molecular weight excluding hydrogens is 280 g/mol. The van der Waals surface area contributed by atoms with E-state index in [4.69, 9.17) is 4.74 Å². The summed E-state index contributed by atoms with van der Waals surface area (Å²) in [6.45, 7) is 3.92. The van der Waals surface area contributed by atoms with Crippen LogP contribution in [0, 0.1) is 0 Å². The van der Waals surface area contributed by atoms with Gasteiger partial charge in [0, 0.05) is 19.2 Å². The second-order valence-electron chi connectivity index (χ2n) is 4.66. The molecule has 0 amide bonds. The van der Waals surface area contributed by atoms with Crippen LogP contribution < -0.4 is 15.4 Å². The molecule has 7 nitrogen and oxygen atoms in total. The van der Waals surface area contributed by atoms with Crippen LogP contribution in [-0.4, -0.2) is 34.4 Å². The monoisotopic (exact) mass is 302 g/mol. The Kier molecular flexibility index (Phi) is 5.76. The number of ether oxygens (including phenoxy) is 1. The number of hydrogen-bond donors (Lipinski definition) is 2. The van der Waals surface area contributed by atoms with Crippen LogP contribution in [0.15, 0.2) is 35.6 Å². The number of aryl methyl sites for hydroxylation is 1. The third kappa shape index (κ3) is 4.21. The van der Waals surface area contributed by atoms with Crippen LogP contribution in [0.2, 0.25) is 0 Å². The molecule has 0 aliphatic carbocycles. The Labute approximate surface area is 130 Å². The summed E-state index contributed by atoms with van der Waals surface area (Å²) >= 11 is 0. The number of nitrogens with zero attached hydrogens (tertiary/aromatic N) is 4. The lowest BCUT2D eigenvalue weighted by molar-refractivity contribution is 0.410. The van der Waals surface area contributed by atoms with Gasteiger partial charge in [-0.3, -0.25) is 4.68 Å². The molecule has 0 saturated carbocycles. The van der Waals surface area contributed by atoms with E-state index in [1.807, 2.05) is 38.2 Å². The van der Waals surface area contributed by atoms with Crippen molar-refractivity contribution in [3.63, 3.8) is 0 Å². The lowest BCUT2D eigenvalue weighted by Gasteiger charge is -2.11. The zero-order valence-electron chi connectivity index (χ0n) is 13.2. The topological polar surface area (TPSA) is 76.4 Å². The fourth-order valence-electron chi connectivity index (χ4n) is 1.98. The Morgan fingerprint density at radius 1 is 1.32 bits per heavy atom. The molecule has 2 N–H and O–H groups in total. The van der Waals surface area contributed by atoms with E-state index in [0.29, 0.717) is 13.1 Å². The summed E-state index contributed by atoms with van der Waals surface area (Å²) in [5.74, 6) is 2.43. The van der Waals surface area contributed by atoms with E-state index in [1.165, 1.54) is 6.33 Å². The van der Waals surface area contributed by atoms with Crippen LogP contribution in [0.4, 0.5) is 0 Å². The number of nitrogens with one attached hydrogen (secondary N) is 2. The number of benzene rings is 1. The van der Waals surface area contributed by atoms with Gasteiger partial charge in [0.05, 0.1) is 20.2 Å². The lowest BCUT2D eigenvalue weighted by Crippen LogP contribution is -2.37. The van der Waals surface area contributed by atoms with E-state index >= 15 is 0 Å². The first kappa shape index (κ1) is 15.8. The number of hydrogen-bond acceptors (Lipinski definition) is 4. The second kappa shape index (κ2) is 8.02. The molecule has 22 heavy (non-hydrogen) atoms. The molecule has 2 aromatic rings. The van der Waals surface area contributed by atoms with Crippen molar-refractivity contribution in [1.29, 1.82) is 0 Å². The molecule has 0 saturated heterocycles. The van der Waals surface area contributed by atoms with E-state index in [1.54, 1.807) is 11.8 Å². The molecule has 1 aromatic carbocycles. The number of methoxy groups -OCH3 is 1. The number of para-hydroxylation sites is 1. The maximum absolute atomic E-state index is 5.34. The van der Waals surface area contributed by atoms with E-state index in [-0.39, 0.29) is 0 Å². The second-order valence-corrected chi connectivity index (χ2v) is 4.66. The van der Waals surface area contributed by atoms with Crippen LogP contribution in [0.1, 0.15) is 18.3 Å². The third-order valence-electron chi connectivity index (χ3n) is 3.16. The van der Waals surface area contributed by atoms with Crippen molar-refractivity contribution in [2.45, 2.75) is 20.0 Å². The Morgan fingerprint density at radius 3 is 2.82 bits per heavy atom. The minimum Gasteiger partial charge on any atom is -0.496 e. The first-order valence-corrected chi connectivity index (χ1v) is 7.21. The van der Waals surface area contributed by atoms with Crippen molar-refractivity contribution in [3.05, 3.63) is 42.0 Å². The molecule has 2 rings (SSSR count). The summed E-state index contributed by atoms with van der Waals surface area (Å²) in [6, 6.07) is 7.87. The van der Waals surface area contributed by atoms with Crippen molar-refractivity contribution < 1.29 is 4.74 Å². The van der Waals surface area contributed by atoms with Gasteiger partial charge >= 0.3 is 0 Å². The van der Waals surface area contributed by atoms with Crippen molar-refractivity contribution in [1.82, 2.24) is 25.4 Å². The minimum absolute atomic E-state index is 0.540. The molecule has 0 atom stereocenters. The Morgan fingerprint density at radius 2 is 2.14 bits per heavy atom. The summed E-state index contributed by atoms with van der Waals surface area (Å²) in [5, 5.41) is 10.5. The highest BCUT2D eigenvalue weighted by molar-refractivity contribution is 5.79. The van der Waals surface area contributed by atoms with Gasteiger partial charge in [0.25, 0.3) is 0 Å². The summed E-state index contributed by atoms with van der Waals surface area (Å²) < 4.78 is 7.07. The summed E-state index contributed by atoms with van der Waals surface area (Å²) in [4.78, 5) is 8.76. The number of aliphatic imine (C=N–C) groups is 1. The van der Waals surface area contributed by atoms with E-state index in [0.717, 1.165) is 29.6 Å². The predicted molar refractivity (Wildman–Crippen MR) is 85.7 cm³/mol. The average Bonchev–Trinajstić information content (AvgIpc) is 2.95. The zero-order chi connectivity index (χ0) is 15.8. The van der Waals surface area contributed by atoms with Gasteiger partial charge in [-0.05, 0) is 13.0 Å². The minimum atomic E-state index is 0.540. The van der Waals surface area contributed by atoms with Gasteiger partial charge in [0.2, 0.25) is 0 Å². The molecule has 1 aromatic heterocycles. The molecule has 0 aliphatic heterocycles. The Balaban J connectivity index is 2.02. The zero-order valence-corrected chi connectivity index (χ0v) is 13.2. The highest BCUT2D eigenvalue weighted by Crippen LogP contribution is 2.17. The summed E-state index contributed by atoms with van der Waals surface area (Å²) in [5.41, 5.74) is 1.04. The first-order valence-electron chi connectivity index (χ1n) is 7.21. The van der Waals surface area contributed by atoms with Crippen molar-refractivity contribution >= 4 is 5.96 Å². The number of guanidine groups is 1. The van der Waals surface area contributed by atoms with Gasteiger partial charge in [0.1, 0.15) is 17.9 Å². The van der Waals surface area contributed by atoms with Gasteiger partial charge < -0.3 is 15.4 Å². The highest BCUT2D eigenvalue weighted by atomic mass is 16.5. The van der Waals surface area contributed by atoms with Crippen LogP contribution >= 0.6 is 0 Å². The molecule has 118 valence electrons. The van der Waals surface area contributed by atoms with E-state index in [2.05, 4.69) is 25.7 Å². The lowest BCUT2D eigenvalue weighted by atomic mass is 10.2. The van der Waals surface area contributed by atoms with Crippen molar-refractivity contribution in [2.75, 3.05) is 13.7 Å². The predicted octanol–water partition coefficient (Wildman–Crippen LogP) is 1.08. The van der Waals surface area contributed by atoms with Crippen LogP contribution in [0.5, 0.6) is 5.75 Å². The van der Waals surface area contributed by atoms with Gasteiger partial charge in [-0.25, -0.2) is 9.98 Å². The largest absolute Gasteiger partial charge is 0.496 e. The fraction of sp³-hybridized carbons (Fsp3) is 0.400. The maximum Gasteiger partial charge on any atom is 0.191 e. The van der Waals surface area contributed by atoms with Gasteiger partial charge in [-0.15, -0.1) is 0 Å². The quantitative estimate of drug-likeness (QED) is 0.617. The molecule has 0 bridgehead atoms. The molecule has 0 spiro atoms. The molecular formula is C15H22N6O. The normalized spacial score (nSPS) is 11.3. The molecule has 0 unspecified atom stereocenters. The standard InChI is InChI=1S/C15H22N6O/c1-4-16-15(18-10-14-19-11-20-21(14)2)17-9-12-7-5-6-8-13(12)22-3/h5-8,11H,4,9-10H2,1-3H3,(H2,16,17,18). The Hall–Kier alpha value is -2.57. The Bertz CT molecular complexity index is 622. The third-order valence-corrected chi connectivity index (χ3v) is 3.16. The first-order chi connectivity index (χ1) is 10.7. The summed E-state index contributed by atoms with van der Waals surface area (Å²) in [7, 11) is 3.53. The SMILES string of the molecule is CCNC(=NCc1ccccc1OC)NCc1ncnn1C. The molecule has 0 radical (unpaired) electrons. The number of rotatable bonds is 6. The van der Waals surface area contributed by atoms with Crippen LogP contribution in [0.3, 0.4) is 0 Å². The van der Waals surface area contributed by atoms with Crippen LogP contribution in [0.25, 0.3) is 0 Å². The van der Waals surface area contributed by atoms with Crippen LogP contribution in [-0.2, 0) is 20.1 Å². The van der Waals surface area contributed by atoms with Gasteiger partial charge in [0.15, 0.2) is 5.96 Å². The van der Waals surface area contributed by atoms with Crippen molar-refractivity contribution in [2.24, 2.45) is 12.0 Å². The van der Waals surface area contributed by atoms with E-state index in [9.17, 15) is 0 Å². The summed E-state index contributed by atoms with van der Waals surface area (Å²) in [6.07, 6.45) is 1.54. The fourth-order valence-corrected chi connectivity index (χ4v) is 1.98. The molecule has 7 heteroatoms. The molecule has 1 heterocycles. The van der Waals surface area contributed by atoms with Gasteiger partial charge in [-0.2, -0.15) is 5.10 Å². The molecule has 0 aliphatic rings.